The number of nitrogens with one attached hydrogen (secondary N) is 1. The lowest BCUT2D eigenvalue weighted by molar-refractivity contribution is -0.138. The Balaban J connectivity index is 2.57. The number of amides is 2. The summed E-state index contributed by atoms with van der Waals surface area (Å²) in [5.74, 6) is -2.14. The lowest BCUT2D eigenvalue weighted by Crippen LogP contribution is -2.19. The van der Waals surface area contributed by atoms with E-state index < -0.39 is 11.9 Å². The van der Waals surface area contributed by atoms with Crippen LogP contribution in [0.4, 0.5) is 5.00 Å². The maximum absolute atomic E-state index is 11.6. The number of hydrogen-bond donors (Lipinski definition) is 3. The molecule has 1 unspecified atom stereocenters. The van der Waals surface area contributed by atoms with Crippen molar-refractivity contribution in [2.24, 2.45) is 11.7 Å². The molecule has 7 heteroatoms. The molecule has 0 aliphatic carbocycles. The van der Waals surface area contributed by atoms with E-state index in [1.54, 1.807) is 12.3 Å². The zero-order valence-electron chi connectivity index (χ0n) is 9.80. The summed E-state index contributed by atoms with van der Waals surface area (Å²) in [5.41, 5.74) is 5.40. The SMILES string of the molecule is CC(CC(=O)O)CC(=O)Nc1sccc1C(N)=O. The summed E-state index contributed by atoms with van der Waals surface area (Å²) in [6.45, 7) is 1.68. The number of carboxylic acid groups (broad SMARTS) is 1. The van der Waals surface area contributed by atoms with E-state index >= 15 is 0 Å². The largest absolute Gasteiger partial charge is 0.481 e. The van der Waals surface area contributed by atoms with Gasteiger partial charge in [-0.2, -0.15) is 0 Å². The third-order valence-electron chi connectivity index (χ3n) is 2.24. The molecule has 0 saturated heterocycles. The van der Waals surface area contributed by atoms with Crippen LogP contribution in [0.3, 0.4) is 0 Å². The zero-order chi connectivity index (χ0) is 13.7. The van der Waals surface area contributed by atoms with Crippen molar-refractivity contribution in [2.75, 3.05) is 5.32 Å². The van der Waals surface area contributed by atoms with Crippen LogP contribution in [0.15, 0.2) is 11.4 Å². The molecule has 1 heterocycles. The third kappa shape index (κ3) is 4.17. The monoisotopic (exact) mass is 270 g/mol. The number of aliphatic carboxylic acids is 1. The van der Waals surface area contributed by atoms with Crippen LogP contribution in [-0.4, -0.2) is 22.9 Å². The Morgan fingerprint density at radius 3 is 2.67 bits per heavy atom. The second-order valence-corrected chi connectivity index (χ2v) is 4.90. The first-order valence-electron chi connectivity index (χ1n) is 5.29. The highest BCUT2D eigenvalue weighted by Gasteiger charge is 2.16. The Kier molecular flexibility index (Phi) is 4.85. The van der Waals surface area contributed by atoms with Crippen LogP contribution in [0.5, 0.6) is 0 Å². The normalized spacial score (nSPS) is 11.8. The summed E-state index contributed by atoms with van der Waals surface area (Å²) in [5, 5.41) is 13.2. The quantitative estimate of drug-likeness (QED) is 0.723. The topological polar surface area (TPSA) is 109 Å². The van der Waals surface area contributed by atoms with E-state index in [2.05, 4.69) is 5.32 Å². The number of carbonyl (C=O) groups excluding carboxylic acids is 2. The van der Waals surface area contributed by atoms with Gasteiger partial charge in [0.15, 0.2) is 0 Å². The number of carbonyl (C=O) groups is 3. The van der Waals surface area contributed by atoms with Gasteiger partial charge in [0, 0.05) is 12.8 Å². The lowest BCUT2D eigenvalue weighted by atomic mass is 10.0. The van der Waals surface area contributed by atoms with Gasteiger partial charge in [-0.25, -0.2) is 0 Å². The van der Waals surface area contributed by atoms with E-state index in [9.17, 15) is 14.4 Å². The van der Waals surface area contributed by atoms with Gasteiger partial charge in [-0.15, -0.1) is 11.3 Å². The zero-order valence-corrected chi connectivity index (χ0v) is 10.6. The fourth-order valence-corrected chi connectivity index (χ4v) is 2.27. The van der Waals surface area contributed by atoms with Crippen LogP contribution in [0.25, 0.3) is 0 Å². The Hall–Kier alpha value is -1.89. The van der Waals surface area contributed by atoms with Gasteiger partial charge in [0.25, 0.3) is 5.91 Å². The number of nitrogens with two attached hydrogens (primary N) is 1. The molecule has 1 rings (SSSR count). The second-order valence-electron chi connectivity index (χ2n) is 3.98. The van der Waals surface area contributed by atoms with Gasteiger partial charge in [0.2, 0.25) is 5.91 Å². The Bertz CT molecular complexity index is 469. The van der Waals surface area contributed by atoms with Gasteiger partial charge in [0.05, 0.1) is 5.56 Å². The summed E-state index contributed by atoms with van der Waals surface area (Å²) < 4.78 is 0. The molecule has 18 heavy (non-hydrogen) atoms. The predicted octanol–water partition coefficient (Wildman–Crippen LogP) is 1.29. The van der Waals surface area contributed by atoms with E-state index in [0.717, 1.165) is 0 Å². The van der Waals surface area contributed by atoms with Crippen molar-refractivity contribution in [1.29, 1.82) is 0 Å². The van der Waals surface area contributed by atoms with Gasteiger partial charge in [0.1, 0.15) is 5.00 Å². The maximum Gasteiger partial charge on any atom is 0.303 e. The van der Waals surface area contributed by atoms with E-state index in [1.807, 2.05) is 0 Å². The van der Waals surface area contributed by atoms with Crippen LogP contribution in [0.1, 0.15) is 30.1 Å². The van der Waals surface area contributed by atoms with Gasteiger partial charge in [-0.3, -0.25) is 14.4 Å². The van der Waals surface area contributed by atoms with Crippen molar-refractivity contribution in [3.05, 3.63) is 17.0 Å². The predicted molar refractivity (Wildman–Crippen MR) is 67.5 cm³/mol. The van der Waals surface area contributed by atoms with Crippen molar-refractivity contribution >= 4 is 34.1 Å². The molecule has 0 fully saturated rings. The number of anilines is 1. The molecule has 1 atom stereocenters. The summed E-state index contributed by atoms with van der Waals surface area (Å²) in [6, 6.07) is 1.53. The number of carboxylic acids is 1. The highest BCUT2D eigenvalue weighted by atomic mass is 32.1. The molecule has 0 aliphatic heterocycles. The first-order chi connectivity index (χ1) is 8.40. The minimum absolute atomic E-state index is 0.0689. The molecule has 4 N–H and O–H groups in total. The number of thiophene rings is 1. The standard InChI is InChI=1S/C11H14N2O4S/c1-6(5-9(15)16)4-8(14)13-11-7(10(12)17)2-3-18-11/h2-3,6H,4-5H2,1H3,(H2,12,17)(H,13,14)(H,15,16). The van der Waals surface area contributed by atoms with E-state index in [4.69, 9.17) is 10.8 Å². The summed E-state index contributed by atoms with van der Waals surface area (Å²) in [6.07, 6.45) is 0.0168. The smallest absolute Gasteiger partial charge is 0.303 e. The molecule has 0 spiro atoms. The summed E-state index contributed by atoms with van der Waals surface area (Å²) >= 11 is 1.20. The highest BCUT2D eigenvalue weighted by molar-refractivity contribution is 7.14. The average Bonchev–Trinajstić information content (AvgIpc) is 2.63. The van der Waals surface area contributed by atoms with E-state index in [0.29, 0.717) is 5.00 Å². The molecule has 0 saturated carbocycles. The molecule has 98 valence electrons. The van der Waals surface area contributed by atoms with Gasteiger partial charge in [-0.1, -0.05) is 6.92 Å². The molecule has 6 nitrogen and oxygen atoms in total. The molecular formula is C11H14N2O4S. The van der Waals surface area contributed by atoms with Gasteiger partial charge >= 0.3 is 5.97 Å². The first-order valence-corrected chi connectivity index (χ1v) is 6.17. The fourth-order valence-electron chi connectivity index (χ4n) is 1.46. The van der Waals surface area contributed by atoms with E-state index in [-0.39, 0.29) is 30.2 Å². The number of rotatable bonds is 6. The van der Waals surface area contributed by atoms with Crippen LogP contribution < -0.4 is 11.1 Å². The van der Waals surface area contributed by atoms with Crippen LogP contribution >= 0.6 is 11.3 Å². The minimum atomic E-state index is -0.941. The van der Waals surface area contributed by atoms with Gasteiger partial charge in [-0.05, 0) is 17.4 Å². The molecular weight excluding hydrogens is 256 g/mol. The molecule has 0 aliphatic rings. The molecule has 0 bridgehead atoms. The molecule has 0 aromatic carbocycles. The van der Waals surface area contributed by atoms with Crippen molar-refractivity contribution in [1.82, 2.24) is 0 Å². The number of hydrogen-bond acceptors (Lipinski definition) is 4. The van der Waals surface area contributed by atoms with Crippen molar-refractivity contribution in [2.45, 2.75) is 19.8 Å². The Morgan fingerprint density at radius 2 is 2.11 bits per heavy atom. The third-order valence-corrected chi connectivity index (χ3v) is 3.07. The molecule has 0 radical (unpaired) electrons. The minimum Gasteiger partial charge on any atom is -0.481 e. The second kappa shape index (κ2) is 6.15. The molecule has 1 aromatic heterocycles. The molecule has 1 aromatic rings. The van der Waals surface area contributed by atoms with Gasteiger partial charge < -0.3 is 16.2 Å². The van der Waals surface area contributed by atoms with Crippen LogP contribution in [0, 0.1) is 5.92 Å². The van der Waals surface area contributed by atoms with Crippen molar-refractivity contribution < 1.29 is 19.5 Å². The fraction of sp³-hybridized carbons (Fsp3) is 0.364. The van der Waals surface area contributed by atoms with E-state index in [1.165, 1.54) is 17.4 Å². The lowest BCUT2D eigenvalue weighted by Gasteiger charge is -2.08. The summed E-state index contributed by atoms with van der Waals surface area (Å²) in [4.78, 5) is 33.1. The highest BCUT2D eigenvalue weighted by Crippen LogP contribution is 2.23. The Labute approximate surface area is 108 Å². The molecule has 2 amide bonds. The average molecular weight is 270 g/mol. The Morgan fingerprint density at radius 1 is 1.44 bits per heavy atom. The van der Waals surface area contributed by atoms with Crippen LogP contribution in [0.2, 0.25) is 0 Å². The van der Waals surface area contributed by atoms with Crippen molar-refractivity contribution in [3.63, 3.8) is 0 Å². The van der Waals surface area contributed by atoms with Crippen molar-refractivity contribution in [3.8, 4) is 0 Å². The first kappa shape index (κ1) is 14.2. The summed E-state index contributed by atoms with van der Waals surface area (Å²) in [7, 11) is 0. The maximum atomic E-state index is 11.6. The van der Waals surface area contributed by atoms with Crippen LogP contribution in [-0.2, 0) is 9.59 Å². The number of primary amides is 1.